The maximum absolute atomic E-state index is 13.7. The number of halogens is 1. The van der Waals surface area contributed by atoms with E-state index in [2.05, 4.69) is 4.98 Å². The molecule has 0 saturated carbocycles. The standard InChI is InChI=1S/C15H12FNO4/c1-20-12-5-3-8(6-10(12)16)14(18)9-2-4-11-13(7-9)21-15(19)17-11/h2-7,14,18H,1H3,(H,17,19). The molecular formula is C15H12FNO4. The molecule has 0 bridgehead atoms. The molecule has 1 aromatic heterocycles. The van der Waals surface area contributed by atoms with Crippen LogP contribution in [-0.4, -0.2) is 17.2 Å². The van der Waals surface area contributed by atoms with Crippen molar-refractivity contribution in [3.63, 3.8) is 0 Å². The summed E-state index contributed by atoms with van der Waals surface area (Å²) in [6.45, 7) is 0. The summed E-state index contributed by atoms with van der Waals surface area (Å²) in [7, 11) is 1.37. The number of nitrogens with one attached hydrogen (secondary N) is 1. The molecule has 0 amide bonds. The van der Waals surface area contributed by atoms with E-state index in [1.165, 1.54) is 19.2 Å². The molecule has 2 aromatic carbocycles. The second-order valence-corrected chi connectivity index (χ2v) is 4.57. The molecule has 21 heavy (non-hydrogen) atoms. The lowest BCUT2D eigenvalue weighted by atomic mass is 10.0. The first-order valence-corrected chi connectivity index (χ1v) is 6.23. The van der Waals surface area contributed by atoms with Gasteiger partial charge in [-0.1, -0.05) is 12.1 Å². The minimum Gasteiger partial charge on any atom is -0.494 e. The van der Waals surface area contributed by atoms with Gasteiger partial charge in [0.2, 0.25) is 0 Å². The van der Waals surface area contributed by atoms with Crippen LogP contribution >= 0.6 is 0 Å². The lowest BCUT2D eigenvalue weighted by Gasteiger charge is -2.12. The minimum absolute atomic E-state index is 0.109. The van der Waals surface area contributed by atoms with Crippen LogP contribution in [0.5, 0.6) is 5.75 Å². The van der Waals surface area contributed by atoms with E-state index >= 15 is 0 Å². The monoisotopic (exact) mass is 289 g/mol. The van der Waals surface area contributed by atoms with Crippen LogP contribution in [0, 0.1) is 5.82 Å². The Morgan fingerprint density at radius 3 is 2.67 bits per heavy atom. The number of fused-ring (bicyclic) bond motifs is 1. The van der Waals surface area contributed by atoms with Crippen molar-refractivity contribution in [2.45, 2.75) is 6.10 Å². The van der Waals surface area contributed by atoms with E-state index in [9.17, 15) is 14.3 Å². The largest absolute Gasteiger partial charge is 0.494 e. The van der Waals surface area contributed by atoms with Crippen molar-refractivity contribution >= 4 is 11.1 Å². The van der Waals surface area contributed by atoms with Crippen LogP contribution in [0.1, 0.15) is 17.2 Å². The molecule has 0 aliphatic carbocycles. The molecular weight excluding hydrogens is 277 g/mol. The molecule has 0 saturated heterocycles. The summed E-state index contributed by atoms with van der Waals surface area (Å²) >= 11 is 0. The molecule has 0 spiro atoms. The van der Waals surface area contributed by atoms with Crippen LogP contribution in [0.4, 0.5) is 4.39 Å². The maximum atomic E-state index is 13.7. The molecule has 2 N–H and O–H groups in total. The van der Waals surface area contributed by atoms with E-state index in [0.29, 0.717) is 22.2 Å². The number of benzene rings is 2. The molecule has 3 aromatic rings. The second-order valence-electron chi connectivity index (χ2n) is 4.57. The third-order valence-electron chi connectivity index (χ3n) is 3.25. The Morgan fingerprint density at radius 1 is 1.24 bits per heavy atom. The predicted molar refractivity (Wildman–Crippen MR) is 73.8 cm³/mol. The molecule has 1 unspecified atom stereocenters. The van der Waals surface area contributed by atoms with Gasteiger partial charge in [-0.25, -0.2) is 9.18 Å². The number of hydrogen-bond donors (Lipinski definition) is 2. The van der Waals surface area contributed by atoms with Crippen molar-refractivity contribution in [1.82, 2.24) is 4.98 Å². The van der Waals surface area contributed by atoms with Gasteiger partial charge < -0.3 is 14.3 Å². The number of ether oxygens (including phenoxy) is 1. The summed E-state index contributed by atoms with van der Waals surface area (Å²) in [5, 5.41) is 10.3. The third kappa shape index (κ3) is 2.41. The number of aliphatic hydroxyl groups is 1. The van der Waals surface area contributed by atoms with Crippen LogP contribution in [0.3, 0.4) is 0 Å². The zero-order valence-electron chi connectivity index (χ0n) is 11.1. The minimum atomic E-state index is -1.03. The van der Waals surface area contributed by atoms with E-state index in [1.54, 1.807) is 24.3 Å². The maximum Gasteiger partial charge on any atom is 0.417 e. The highest BCUT2D eigenvalue weighted by Crippen LogP contribution is 2.27. The molecule has 0 aliphatic rings. The number of H-pyrrole nitrogens is 1. The van der Waals surface area contributed by atoms with Gasteiger partial charge in [0, 0.05) is 0 Å². The highest BCUT2D eigenvalue weighted by Gasteiger charge is 2.14. The molecule has 6 heteroatoms. The van der Waals surface area contributed by atoms with Gasteiger partial charge in [0.1, 0.15) is 6.10 Å². The van der Waals surface area contributed by atoms with E-state index in [1.807, 2.05) is 0 Å². The van der Waals surface area contributed by atoms with Gasteiger partial charge in [0.05, 0.1) is 12.6 Å². The zero-order chi connectivity index (χ0) is 15.0. The topological polar surface area (TPSA) is 75.5 Å². The molecule has 0 aliphatic heterocycles. The van der Waals surface area contributed by atoms with Crippen LogP contribution in [0.25, 0.3) is 11.1 Å². The summed E-state index contributed by atoms with van der Waals surface area (Å²) in [5.74, 6) is -1.01. The van der Waals surface area contributed by atoms with Crippen molar-refractivity contribution in [2.24, 2.45) is 0 Å². The van der Waals surface area contributed by atoms with Crippen molar-refractivity contribution < 1.29 is 18.7 Å². The summed E-state index contributed by atoms with van der Waals surface area (Å²) in [6, 6.07) is 9.03. The third-order valence-corrected chi connectivity index (χ3v) is 3.25. The predicted octanol–water partition coefficient (Wildman–Crippen LogP) is 2.35. The average Bonchev–Trinajstić information content (AvgIpc) is 2.85. The number of aliphatic hydroxyl groups excluding tert-OH is 1. The Labute approximate surface area is 118 Å². The number of hydrogen-bond acceptors (Lipinski definition) is 4. The molecule has 0 radical (unpaired) electrons. The Bertz CT molecular complexity index is 852. The Kier molecular flexibility index (Phi) is 3.23. The number of oxazole rings is 1. The molecule has 0 fully saturated rings. The molecule has 1 heterocycles. The highest BCUT2D eigenvalue weighted by molar-refractivity contribution is 5.73. The van der Waals surface area contributed by atoms with Gasteiger partial charge in [-0.2, -0.15) is 0 Å². The quantitative estimate of drug-likeness (QED) is 0.776. The summed E-state index contributed by atoms with van der Waals surface area (Å²) in [6.07, 6.45) is -1.03. The van der Waals surface area contributed by atoms with Crippen molar-refractivity contribution in [3.8, 4) is 5.75 Å². The lowest BCUT2D eigenvalue weighted by Crippen LogP contribution is -2.01. The normalized spacial score (nSPS) is 12.5. The number of methoxy groups -OCH3 is 1. The first-order chi connectivity index (χ1) is 10.1. The van der Waals surface area contributed by atoms with E-state index < -0.39 is 17.7 Å². The van der Waals surface area contributed by atoms with E-state index in [-0.39, 0.29) is 5.75 Å². The lowest BCUT2D eigenvalue weighted by molar-refractivity contribution is 0.219. The number of aromatic amines is 1. The highest BCUT2D eigenvalue weighted by atomic mass is 19.1. The fourth-order valence-corrected chi connectivity index (χ4v) is 2.18. The zero-order valence-corrected chi connectivity index (χ0v) is 11.1. The molecule has 3 rings (SSSR count). The fourth-order valence-electron chi connectivity index (χ4n) is 2.18. The Hall–Kier alpha value is -2.60. The van der Waals surface area contributed by atoms with Crippen LogP contribution in [-0.2, 0) is 0 Å². The summed E-state index contributed by atoms with van der Waals surface area (Å²) in [5.41, 5.74) is 1.75. The van der Waals surface area contributed by atoms with Gasteiger partial charge in [0.15, 0.2) is 17.1 Å². The second kappa shape index (κ2) is 5.06. The van der Waals surface area contributed by atoms with Gasteiger partial charge in [-0.05, 0) is 35.4 Å². The first-order valence-electron chi connectivity index (χ1n) is 6.23. The Balaban J connectivity index is 2.00. The van der Waals surface area contributed by atoms with Crippen molar-refractivity contribution in [1.29, 1.82) is 0 Å². The summed E-state index contributed by atoms with van der Waals surface area (Å²) in [4.78, 5) is 13.6. The summed E-state index contributed by atoms with van der Waals surface area (Å²) < 4.78 is 23.5. The van der Waals surface area contributed by atoms with E-state index in [0.717, 1.165) is 0 Å². The van der Waals surface area contributed by atoms with E-state index in [4.69, 9.17) is 9.15 Å². The van der Waals surface area contributed by atoms with Crippen LogP contribution < -0.4 is 10.5 Å². The number of rotatable bonds is 3. The first kappa shape index (κ1) is 13.4. The SMILES string of the molecule is COc1ccc(C(O)c2ccc3[nH]c(=O)oc3c2)cc1F. The fraction of sp³-hybridized carbons (Fsp3) is 0.133. The van der Waals surface area contributed by atoms with Gasteiger partial charge in [-0.15, -0.1) is 0 Å². The smallest absolute Gasteiger partial charge is 0.417 e. The average molecular weight is 289 g/mol. The van der Waals surface area contributed by atoms with Crippen LogP contribution in [0.2, 0.25) is 0 Å². The number of aromatic nitrogens is 1. The van der Waals surface area contributed by atoms with Gasteiger partial charge in [-0.3, -0.25) is 4.98 Å². The molecule has 5 nitrogen and oxygen atoms in total. The van der Waals surface area contributed by atoms with Crippen molar-refractivity contribution in [3.05, 3.63) is 63.9 Å². The Morgan fingerprint density at radius 2 is 1.95 bits per heavy atom. The molecule has 1 atom stereocenters. The van der Waals surface area contributed by atoms with Gasteiger partial charge >= 0.3 is 5.76 Å². The van der Waals surface area contributed by atoms with Gasteiger partial charge in [0.25, 0.3) is 0 Å². The van der Waals surface area contributed by atoms with Crippen molar-refractivity contribution in [2.75, 3.05) is 7.11 Å². The van der Waals surface area contributed by atoms with Crippen LogP contribution in [0.15, 0.2) is 45.6 Å². The molecule has 108 valence electrons.